The molecule has 1 aliphatic heterocycles. The van der Waals surface area contributed by atoms with Crippen LogP contribution in [0, 0.1) is 0 Å². The van der Waals surface area contributed by atoms with E-state index in [-0.39, 0.29) is 38.6 Å². The fourth-order valence-electron chi connectivity index (χ4n) is 2.56. The molecule has 0 spiro atoms. The molecule has 0 radical (unpaired) electrons. The molecule has 23 heavy (non-hydrogen) atoms. The highest BCUT2D eigenvalue weighted by Gasteiger charge is 2.49. The van der Waals surface area contributed by atoms with Crippen molar-refractivity contribution < 1.29 is 26.3 Å². The second-order valence-corrected chi connectivity index (χ2v) is 5.34. The largest absolute Gasteiger partial charge is 0.416 e. The van der Waals surface area contributed by atoms with Crippen LogP contribution >= 0.6 is 24.0 Å². The summed E-state index contributed by atoms with van der Waals surface area (Å²) in [5.41, 5.74) is -2.27. The van der Waals surface area contributed by atoms with Crippen LogP contribution in [0.4, 0.5) is 26.3 Å². The molecule has 1 heterocycles. The van der Waals surface area contributed by atoms with Gasteiger partial charge in [0, 0.05) is 36.8 Å². The van der Waals surface area contributed by atoms with Gasteiger partial charge in [-0.25, -0.2) is 0 Å². The van der Waals surface area contributed by atoms with E-state index >= 15 is 0 Å². The summed E-state index contributed by atoms with van der Waals surface area (Å²) in [4.78, 5) is 0.979. The molecule has 0 aliphatic carbocycles. The highest BCUT2D eigenvalue weighted by Crippen LogP contribution is 2.46. The fraction of sp³-hybridized carbons (Fsp3) is 0.538. The summed E-state index contributed by atoms with van der Waals surface area (Å²) in [5.74, 6) is 0. The summed E-state index contributed by atoms with van der Waals surface area (Å²) < 4.78 is 79.6. The average molecular weight is 383 g/mol. The molecule has 0 unspecified atom stereocenters. The maximum atomic E-state index is 13.5. The Morgan fingerprint density at radius 1 is 1.04 bits per heavy atom. The first-order valence-electron chi connectivity index (χ1n) is 6.49. The summed E-state index contributed by atoms with van der Waals surface area (Å²) in [6.45, 7) is 0.538. The van der Waals surface area contributed by atoms with Crippen molar-refractivity contribution in [2.24, 2.45) is 0 Å². The van der Waals surface area contributed by atoms with Gasteiger partial charge in [0.25, 0.3) is 0 Å². The van der Waals surface area contributed by atoms with E-state index in [0.717, 1.165) is 17.0 Å². The van der Waals surface area contributed by atoms with E-state index in [1.165, 1.54) is 0 Å². The lowest BCUT2D eigenvalue weighted by Crippen LogP contribution is -2.49. The van der Waals surface area contributed by atoms with Gasteiger partial charge in [0.1, 0.15) is 6.04 Å². The van der Waals surface area contributed by atoms with E-state index in [2.05, 4.69) is 5.32 Å². The first-order chi connectivity index (χ1) is 10.1. The highest BCUT2D eigenvalue weighted by atomic mass is 35.5. The molecule has 0 amide bonds. The number of halogens is 8. The molecule has 1 fully saturated rings. The summed E-state index contributed by atoms with van der Waals surface area (Å²) in [7, 11) is 0. The van der Waals surface area contributed by atoms with Gasteiger partial charge in [0.2, 0.25) is 0 Å². The average Bonchev–Trinajstić information content (AvgIpc) is 2.39. The van der Waals surface area contributed by atoms with Crippen LogP contribution in [0.15, 0.2) is 18.2 Å². The van der Waals surface area contributed by atoms with Gasteiger partial charge < -0.3 is 5.32 Å². The number of hydrogen-bond acceptors (Lipinski definition) is 2. The van der Waals surface area contributed by atoms with Crippen molar-refractivity contribution in [3.63, 3.8) is 0 Å². The third-order valence-corrected chi connectivity index (χ3v) is 3.79. The van der Waals surface area contributed by atoms with E-state index in [0.29, 0.717) is 6.07 Å². The smallest absolute Gasteiger partial charge is 0.314 e. The Morgan fingerprint density at radius 3 is 2.09 bits per heavy atom. The Hall–Kier alpha value is -0.700. The third kappa shape index (κ3) is 4.65. The maximum Gasteiger partial charge on any atom is 0.416 e. The van der Waals surface area contributed by atoms with Gasteiger partial charge in [-0.05, 0) is 12.1 Å². The topological polar surface area (TPSA) is 15.3 Å². The number of nitrogens with zero attached hydrogens (tertiary/aromatic N) is 1. The number of nitrogens with one attached hydrogen (secondary N) is 1. The number of piperazine rings is 1. The van der Waals surface area contributed by atoms with Crippen molar-refractivity contribution in [2.45, 2.75) is 18.4 Å². The highest BCUT2D eigenvalue weighted by molar-refractivity contribution is 6.31. The van der Waals surface area contributed by atoms with Gasteiger partial charge in [-0.3, -0.25) is 4.90 Å². The minimum atomic E-state index is -4.90. The second-order valence-electron chi connectivity index (χ2n) is 4.93. The van der Waals surface area contributed by atoms with Crippen LogP contribution in [0.1, 0.15) is 17.2 Å². The van der Waals surface area contributed by atoms with Gasteiger partial charge in [0.05, 0.1) is 5.56 Å². The monoisotopic (exact) mass is 382 g/mol. The zero-order valence-corrected chi connectivity index (χ0v) is 13.2. The van der Waals surface area contributed by atoms with Crippen LogP contribution < -0.4 is 5.32 Å². The zero-order valence-electron chi connectivity index (χ0n) is 11.6. The van der Waals surface area contributed by atoms with E-state index < -0.39 is 34.5 Å². The van der Waals surface area contributed by atoms with Crippen molar-refractivity contribution >= 4 is 24.0 Å². The van der Waals surface area contributed by atoms with Crippen molar-refractivity contribution in [2.75, 3.05) is 26.2 Å². The molecule has 132 valence electrons. The summed E-state index contributed by atoms with van der Waals surface area (Å²) in [6, 6.07) is 0.301. The van der Waals surface area contributed by atoms with E-state index in [4.69, 9.17) is 11.6 Å². The molecule has 1 aromatic carbocycles. The van der Waals surface area contributed by atoms with Crippen LogP contribution in [0.2, 0.25) is 5.02 Å². The molecular weight excluding hydrogens is 369 g/mol. The number of alkyl halides is 6. The number of rotatable bonds is 2. The van der Waals surface area contributed by atoms with E-state index in [9.17, 15) is 26.3 Å². The van der Waals surface area contributed by atoms with Crippen molar-refractivity contribution in [1.82, 2.24) is 10.2 Å². The maximum absolute atomic E-state index is 13.5. The number of hydrogen-bond donors (Lipinski definition) is 1. The van der Waals surface area contributed by atoms with Gasteiger partial charge in [0.15, 0.2) is 0 Å². The SMILES string of the molecule is Cl.FC(F)(F)c1cccc(Cl)c1[C@H](N1CCNCC1)C(F)(F)F. The van der Waals surface area contributed by atoms with Crippen LogP contribution in [-0.2, 0) is 6.18 Å². The summed E-state index contributed by atoms with van der Waals surface area (Å²) in [6.07, 6.45) is -9.76. The van der Waals surface area contributed by atoms with Gasteiger partial charge in [-0.15, -0.1) is 12.4 Å². The lowest BCUT2D eigenvalue weighted by Gasteiger charge is -2.37. The standard InChI is InChI=1S/C13H13ClF6N2.ClH/c14-9-3-1-2-8(12(15,16)17)10(9)11(13(18,19)20)22-6-4-21-5-7-22;/h1-3,11,21H,4-7H2;1H/t11-;/m0./s1. The normalized spacial score (nSPS) is 18.4. The molecule has 1 aliphatic rings. The minimum absolute atomic E-state index is 0. The molecule has 10 heteroatoms. The molecule has 0 bridgehead atoms. The van der Waals surface area contributed by atoms with Crippen molar-refractivity contribution in [3.05, 3.63) is 34.3 Å². The quantitative estimate of drug-likeness (QED) is 0.767. The Kier molecular flexibility index (Phi) is 6.60. The molecule has 1 saturated heterocycles. The molecule has 2 rings (SSSR count). The molecule has 2 nitrogen and oxygen atoms in total. The lowest BCUT2D eigenvalue weighted by molar-refractivity contribution is -0.190. The fourth-order valence-corrected chi connectivity index (χ4v) is 2.83. The first kappa shape index (κ1) is 20.3. The van der Waals surface area contributed by atoms with Crippen molar-refractivity contribution in [3.8, 4) is 0 Å². The van der Waals surface area contributed by atoms with Crippen molar-refractivity contribution in [1.29, 1.82) is 0 Å². The Morgan fingerprint density at radius 2 is 1.61 bits per heavy atom. The van der Waals surface area contributed by atoms with Gasteiger partial charge in [-0.1, -0.05) is 17.7 Å². The van der Waals surface area contributed by atoms with E-state index in [1.54, 1.807) is 0 Å². The van der Waals surface area contributed by atoms with Crippen LogP contribution in [0.5, 0.6) is 0 Å². The van der Waals surface area contributed by atoms with Crippen LogP contribution in [-0.4, -0.2) is 37.3 Å². The lowest BCUT2D eigenvalue weighted by atomic mass is 9.97. The molecule has 1 N–H and O–H groups in total. The molecule has 0 saturated carbocycles. The molecule has 1 atom stereocenters. The Balaban J connectivity index is 0.00000264. The molecule has 1 aromatic rings. The van der Waals surface area contributed by atoms with E-state index in [1.807, 2.05) is 0 Å². The molecular formula is C13H14Cl2F6N2. The molecule has 0 aromatic heterocycles. The van der Waals surface area contributed by atoms with Crippen LogP contribution in [0.25, 0.3) is 0 Å². The third-order valence-electron chi connectivity index (χ3n) is 3.46. The van der Waals surface area contributed by atoms with Gasteiger partial charge in [-0.2, -0.15) is 26.3 Å². The van der Waals surface area contributed by atoms with Crippen LogP contribution in [0.3, 0.4) is 0 Å². The predicted octanol–water partition coefficient (Wildman–Crippen LogP) is 4.29. The predicted molar refractivity (Wildman–Crippen MR) is 76.9 cm³/mol. The first-order valence-corrected chi connectivity index (χ1v) is 6.87. The Labute approximate surface area is 140 Å². The summed E-state index contributed by atoms with van der Waals surface area (Å²) in [5, 5.41) is 2.34. The summed E-state index contributed by atoms with van der Waals surface area (Å²) >= 11 is 5.71. The van der Waals surface area contributed by atoms with Gasteiger partial charge >= 0.3 is 12.4 Å². The zero-order chi connectivity index (χ0) is 16.5. The minimum Gasteiger partial charge on any atom is -0.314 e. The second kappa shape index (κ2) is 7.46. The Bertz CT molecular complexity index is 526. The number of benzene rings is 1.